The number of esters is 1. The van der Waals surface area contributed by atoms with E-state index in [2.05, 4.69) is 0 Å². The van der Waals surface area contributed by atoms with Crippen molar-refractivity contribution in [2.75, 3.05) is 31.3 Å². The van der Waals surface area contributed by atoms with Crippen LogP contribution in [0.25, 0.3) is 0 Å². The van der Waals surface area contributed by atoms with Gasteiger partial charge in [0.15, 0.2) is 18.1 Å². The van der Waals surface area contributed by atoms with Crippen LogP contribution in [-0.2, 0) is 9.53 Å². The molecule has 0 N–H and O–H groups in total. The van der Waals surface area contributed by atoms with E-state index in [0.29, 0.717) is 36.3 Å². The second-order valence-corrected chi connectivity index (χ2v) is 7.31. The van der Waals surface area contributed by atoms with Gasteiger partial charge in [-0.25, -0.2) is 9.18 Å². The van der Waals surface area contributed by atoms with Gasteiger partial charge in [-0.3, -0.25) is 4.79 Å². The number of ether oxygens (including phenoxy) is 3. The molecule has 1 amide bonds. The highest BCUT2D eigenvalue weighted by Crippen LogP contribution is 2.29. The normalized spacial score (nSPS) is 10.4. The molecule has 0 aliphatic heterocycles. The summed E-state index contributed by atoms with van der Waals surface area (Å²) in [6.45, 7) is 6.32. The fourth-order valence-corrected chi connectivity index (χ4v) is 2.75. The first-order chi connectivity index (χ1) is 15.3. The molecule has 7 nitrogen and oxygen atoms in total. The zero-order chi connectivity index (χ0) is 23.5. The van der Waals surface area contributed by atoms with Crippen molar-refractivity contribution in [1.82, 2.24) is 0 Å². The van der Waals surface area contributed by atoms with E-state index in [1.54, 1.807) is 12.1 Å². The average Bonchev–Trinajstić information content (AvgIpc) is 2.78. The number of nitrogens with zero attached hydrogens (tertiary/aromatic N) is 2. The lowest BCUT2D eigenvalue weighted by Gasteiger charge is -2.21. The van der Waals surface area contributed by atoms with Crippen LogP contribution >= 0.6 is 0 Å². The Balaban J connectivity index is 2.08. The number of carbonyl (C=O) groups is 2. The van der Waals surface area contributed by atoms with Crippen molar-refractivity contribution in [3.8, 4) is 17.6 Å². The van der Waals surface area contributed by atoms with Crippen LogP contribution in [0, 0.1) is 23.1 Å². The highest BCUT2D eigenvalue weighted by Gasteiger charge is 2.19. The van der Waals surface area contributed by atoms with Crippen LogP contribution < -0.4 is 14.4 Å². The number of carbonyl (C=O) groups excluding carboxylic acids is 2. The Morgan fingerprint density at radius 3 is 2.44 bits per heavy atom. The van der Waals surface area contributed by atoms with E-state index in [9.17, 15) is 14.0 Å². The summed E-state index contributed by atoms with van der Waals surface area (Å²) < 4.78 is 29.7. The maximum Gasteiger partial charge on any atom is 0.338 e. The topological polar surface area (TPSA) is 88.9 Å². The molecule has 2 aromatic carbocycles. The molecule has 0 saturated heterocycles. The van der Waals surface area contributed by atoms with E-state index in [1.165, 1.54) is 35.2 Å². The number of rotatable bonds is 11. The fraction of sp³-hybridized carbons (Fsp3) is 0.375. The summed E-state index contributed by atoms with van der Waals surface area (Å²) in [5, 5.41) is 8.86. The van der Waals surface area contributed by atoms with Crippen molar-refractivity contribution in [1.29, 1.82) is 5.26 Å². The third kappa shape index (κ3) is 7.27. The summed E-state index contributed by atoms with van der Waals surface area (Å²) in [4.78, 5) is 26.4. The molecule has 0 spiro atoms. The number of amides is 1. The molecule has 0 radical (unpaired) electrons. The lowest BCUT2D eigenvalue weighted by atomic mass is 10.2. The largest absolute Gasteiger partial charge is 0.490 e. The molecule has 0 fully saturated rings. The zero-order valence-corrected chi connectivity index (χ0v) is 18.5. The van der Waals surface area contributed by atoms with Crippen molar-refractivity contribution in [2.24, 2.45) is 5.92 Å². The van der Waals surface area contributed by atoms with Crippen molar-refractivity contribution >= 4 is 17.6 Å². The summed E-state index contributed by atoms with van der Waals surface area (Å²) in [7, 11) is 0. The van der Waals surface area contributed by atoms with Gasteiger partial charge in [0, 0.05) is 12.2 Å². The molecule has 0 bridgehead atoms. The van der Waals surface area contributed by atoms with Gasteiger partial charge in [0.25, 0.3) is 5.91 Å². The van der Waals surface area contributed by atoms with Crippen LogP contribution in [0.5, 0.6) is 11.5 Å². The zero-order valence-electron chi connectivity index (χ0n) is 18.5. The molecule has 0 unspecified atom stereocenters. The maximum atomic E-state index is 13.2. The van der Waals surface area contributed by atoms with E-state index in [4.69, 9.17) is 19.5 Å². The van der Waals surface area contributed by atoms with Crippen LogP contribution in [-0.4, -0.2) is 38.2 Å². The summed E-state index contributed by atoms with van der Waals surface area (Å²) >= 11 is 0. The van der Waals surface area contributed by atoms with Gasteiger partial charge in [-0.05, 0) is 55.3 Å². The Kier molecular flexibility index (Phi) is 9.48. The lowest BCUT2D eigenvalue weighted by Crippen LogP contribution is -2.35. The number of halogens is 1. The lowest BCUT2D eigenvalue weighted by molar-refractivity contribution is -0.121. The Morgan fingerprint density at radius 2 is 1.81 bits per heavy atom. The standard InChI is InChI=1S/C24H27FN2O5/c1-4-30-22-14-18(6-11-21(22)31-15-17(2)3)24(29)32-16-23(28)27(13-5-12-26)20-9-7-19(25)8-10-20/h6-11,14,17H,4-5,13,15-16H2,1-3H3. The maximum absolute atomic E-state index is 13.2. The summed E-state index contributed by atoms with van der Waals surface area (Å²) in [5.41, 5.74) is 0.622. The van der Waals surface area contributed by atoms with Gasteiger partial charge in [-0.15, -0.1) is 0 Å². The van der Waals surface area contributed by atoms with Gasteiger partial charge < -0.3 is 19.1 Å². The van der Waals surface area contributed by atoms with Gasteiger partial charge in [-0.2, -0.15) is 5.26 Å². The van der Waals surface area contributed by atoms with Crippen molar-refractivity contribution in [3.05, 3.63) is 53.8 Å². The molecular weight excluding hydrogens is 415 g/mol. The van der Waals surface area contributed by atoms with Gasteiger partial charge in [0.2, 0.25) is 0 Å². The highest BCUT2D eigenvalue weighted by atomic mass is 19.1. The molecule has 170 valence electrons. The smallest absolute Gasteiger partial charge is 0.338 e. The molecule has 0 atom stereocenters. The van der Waals surface area contributed by atoms with Crippen LogP contribution in [0.4, 0.5) is 10.1 Å². The summed E-state index contributed by atoms with van der Waals surface area (Å²) in [6.07, 6.45) is 0.0760. The molecule has 0 aromatic heterocycles. The first kappa shape index (κ1) is 24.7. The van der Waals surface area contributed by atoms with E-state index < -0.39 is 24.3 Å². The first-order valence-electron chi connectivity index (χ1n) is 10.3. The molecule has 8 heteroatoms. The Bertz CT molecular complexity index is 954. The Morgan fingerprint density at radius 1 is 1.09 bits per heavy atom. The predicted molar refractivity (Wildman–Crippen MR) is 117 cm³/mol. The summed E-state index contributed by atoms with van der Waals surface area (Å²) in [5.74, 6) is -0.414. The van der Waals surface area contributed by atoms with E-state index in [-0.39, 0.29) is 18.5 Å². The monoisotopic (exact) mass is 442 g/mol. The van der Waals surface area contributed by atoms with E-state index in [0.717, 1.165) is 0 Å². The Labute approximate surface area is 187 Å². The minimum Gasteiger partial charge on any atom is -0.490 e. The number of hydrogen-bond donors (Lipinski definition) is 0. The SMILES string of the molecule is CCOc1cc(C(=O)OCC(=O)N(CCC#N)c2ccc(F)cc2)ccc1OCC(C)C. The van der Waals surface area contributed by atoms with E-state index >= 15 is 0 Å². The molecular formula is C24H27FN2O5. The highest BCUT2D eigenvalue weighted by molar-refractivity contribution is 5.97. The number of hydrogen-bond acceptors (Lipinski definition) is 6. The second-order valence-electron chi connectivity index (χ2n) is 7.31. The van der Waals surface area contributed by atoms with Gasteiger partial charge in [-0.1, -0.05) is 13.8 Å². The van der Waals surface area contributed by atoms with Crippen LogP contribution in [0.2, 0.25) is 0 Å². The third-order valence-corrected chi connectivity index (χ3v) is 4.26. The van der Waals surface area contributed by atoms with E-state index in [1.807, 2.05) is 26.8 Å². The minimum absolute atomic E-state index is 0.0760. The number of benzene rings is 2. The summed E-state index contributed by atoms with van der Waals surface area (Å²) in [6, 6.07) is 11.9. The molecule has 0 saturated carbocycles. The fourth-order valence-electron chi connectivity index (χ4n) is 2.75. The minimum atomic E-state index is -0.700. The van der Waals surface area contributed by atoms with Crippen molar-refractivity contribution in [3.63, 3.8) is 0 Å². The van der Waals surface area contributed by atoms with Gasteiger partial charge in [0.05, 0.1) is 31.3 Å². The van der Waals surface area contributed by atoms with Crippen LogP contribution in [0.15, 0.2) is 42.5 Å². The molecule has 0 heterocycles. The van der Waals surface area contributed by atoms with Gasteiger partial charge in [0.1, 0.15) is 5.82 Å². The average molecular weight is 442 g/mol. The number of nitriles is 1. The molecule has 0 aliphatic carbocycles. The van der Waals surface area contributed by atoms with Crippen molar-refractivity contribution < 1.29 is 28.2 Å². The van der Waals surface area contributed by atoms with Crippen molar-refractivity contribution in [2.45, 2.75) is 27.2 Å². The molecule has 32 heavy (non-hydrogen) atoms. The predicted octanol–water partition coefficient (Wildman–Crippen LogP) is 4.36. The number of anilines is 1. The van der Waals surface area contributed by atoms with Gasteiger partial charge >= 0.3 is 5.97 Å². The molecule has 0 aliphatic rings. The second kappa shape index (κ2) is 12.3. The van der Waals surface area contributed by atoms with Crippen LogP contribution in [0.3, 0.4) is 0 Å². The molecule has 2 aromatic rings. The third-order valence-electron chi connectivity index (χ3n) is 4.26. The first-order valence-corrected chi connectivity index (χ1v) is 10.3. The Hall–Kier alpha value is -3.60. The molecule has 2 rings (SSSR count). The quantitative estimate of drug-likeness (QED) is 0.481. The van der Waals surface area contributed by atoms with Crippen LogP contribution in [0.1, 0.15) is 37.6 Å².